The fourth-order valence-electron chi connectivity index (χ4n) is 3.43. The van der Waals surface area contributed by atoms with Gasteiger partial charge in [-0.25, -0.2) is 0 Å². The summed E-state index contributed by atoms with van der Waals surface area (Å²) in [5, 5.41) is 11.2. The van der Waals surface area contributed by atoms with Gasteiger partial charge in [0.05, 0.1) is 0 Å². The molecule has 4 heterocycles. The fraction of sp³-hybridized carbons (Fsp3) is 0.389. The smallest absolute Gasteiger partial charge is 0.275 e. The van der Waals surface area contributed by atoms with Crippen LogP contribution in [0.4, 0.5) is 0 Å². The van der Waals surface area contributed by atoms with E-state index in [0.717, 1.165) is 18.5 Å². The standard InChI is InChI=1S/C18H18N6O2/c25-18(14-10-13(21-22-14)11-6-7-11)24-9-3-5-15(24)17-20-16(23-26-17)12-4-1-2-8-19-12/h1-2,4,8,10-11,15H,3,5-7,9H2,(H,21,22)/t15-/m0/s1. The second-order valence-electron chi connectivity index (χ2n) is 6.81. The normalized spacial score (nSPS) is 19.8. The number of pyridine rings is 1. The molecular formula is C18H18N6O2. The Balaban J connectivity index is 1.38. The SMILES string of the molecule is O=C(c1cc(C2CC2)[nH]n1)N1CCC[C@H]1c1nc(-c2ccccn2)no1. The molecule has 8 heteroatoms. The van der Waals surface area contributed by atoms with Crippen LogP contribution in [0.2, 0.25) is 0 Å². The Kier molecular flexibility index (Phi) is 3.55. The number of rotatable bonds is 4. The molecule has 26 heavy (non-hydrogen) atoms. The predicted octanol–water partition coefficient (Wildman–Crippen LogP) is 2.71. The molecule has 0 bridgehead atoms. The van der Waals surface area contributed by atoms with Gasteiger partial charge in [0.1, 0.15) is 17.4 Å². The first-order valence-electron chi connectivity index (χ1n) is 8.91. The molecule has 1 atom stereocenters. The third-order valence-electron chi connectivity index (χ3n) is 4.97. The third kappa shape index (κ3) is 2.67. The van der Waals surface area contributed by atoms with Crippen molar-refractivity contribution in [2.75, 3.05) is 6.54 Å². The van der Waals surface area contributed by atoms with Gasteiger partial charge in [0.25, 0.3) is 5.91 Å². The highest BCUT2D eigenvalue weighted by Gasteiger charge is 2.36. The minimum absolute atomic E-state index is 0.0896. The zero-order chi connectivity index (χ0) is 17.5. The first-order valence-corrected chi connectivity index (χ1v) is 8.91. The van der Waals surface area contributed by atoms with Crippen LogP contribution < -0.4 is 0 Å². The maximum absolute atomic E-state index is 12.9. The average Bonchev–Trinajstić information content (AvgIpc) is 3.11. The summed E-state index contributed by atoms with van der Waals surface area (Å²) < 4.78 is 5.45. The van der Waals surface area contributed by atoms with Gasteiger partial charge in [-0.3, -0.25) is 14.9 Å². The van der Waals surface area contributed by atoms with Crippen molar-refractivity contribution in [2.24, 2.45) is 0 Å². The molecule has 0 spiro atoms. The van der Waals surface area contributed by atoms with E-state index >= 15 is 0 Å². The molecule has 3 aromatic heterocycles. The van der Waals surface area contributed by atoms with E-state index in [1.54, 1.807) is 11.1 Å². The maximum Gasteiger partial charge on any atom is 0.275 e. The number of nitrogens with one attached hydrogen (secondary N) is 1. The summed E-state index contributed by atoms with van der Waals surface area (Å²) in [7, 11) is 0. The molecule has 8 nitrogen and oxygen atoms in total. The zero-order valence-corrected chi connectivity index (χ0v) is 14.1. The Morgan fingerprint density at radius 2 is 2.19 bits per heavy atom. The minimum atomic E-state index is -0.214. The predicted molar refractivity (Wildman–Crippen MR) is 91.1 cm³/mol. The Labute approximate surface area is 149 Å². The largest absolute Gasteiger partial charge is 0.337 e. The van der Waals surface area contributed by atoms with Gasteiger partial charge in [-0.15, -0.1) is 0 Å². The third-order valence-corrected chi connectivity index (χ3v) is 4.97. The van der Waals surface area contributed by atoms with Crippen molar-refractivity contribution >= 4 is 5.91 Å². The molecule has 2 fully saturated rings. The highest BCUT2D eigenvalue weighted by atomic mass is 16.5. The van der Waals surface area contributed by atoms with Gasteiger partial charge in [-0.1, -0.05) is 11.2 Å². The van der Waals surface area contributed by atoms with E-state index in [4.69, 9.17) is 4.52 Å². The van der Waals surface area contributed by atoms with Gasteiger partial charge >= 0.3 is 0 Å². The molecule has 1 aliphatic heterocycles. The van der Waals surface area contributed by atoms with Crippen LogP contribution in [0.5, 0.6) is 0 Å². The quantitative estimate of drug-likeness (QED) is 0.776. The number of amides is 1. The number of carbonyl (C=O) groups excluding carboxylic acids is 1. The monoisotopic (exact) mass is 350 g/mol. The molecule has 3 aromatic rings. The molecule has 1 saturated heterocycles. The van der Waals surface area contributed by atoms with Crippen molar-refractivity contribution in [3.8, 4) is 11.5 Å². The lowest BCUT2D eigenvalue weighted by Gasteiger charge is -2.20. The van der Waals surface area contributed by atoms with E-state index in [0.29, 0.717) is 35.6 Å². The van der Waals surface area contributed by atoms with Crippen molar-refractivity contribution in [3.63, 3.8) is 0 Å². The van der Waals surface area contributed by atoms with Gasteiger partial charge < -0.3 is 9.42 Å². The van der Waals surface area contributed by atoms with Crippen molar-refractivity contribution in [1.29, 1.82) is 0 Å². The number of hydrogen-bond donors (Lipinski definition) is 1. The van der Waals surface area contributed by atoms with Gasteiger partial charge in [0.15, 0.2) is 0 Å². The van der Waals surface area contributed by atoms with E-state index in [-0.39, 0.29) is 11.9 Å². The molecule has 1 saturated carbocycles. The van der Waals surface area contributed by atoms with Gasteiger partial charge in [-0.2, -0.15) is 10.1 Å². The summed E-state index contributed by atoms with van der Waals surface area (Å²) in [6.07, 6.45) is 5.72. The highest BCUT2D eigenvalue weighted by Crippen LogP contribution is 2.39. The molecule has 5 rings (SSSR count). The van der Waals surface area contributed by atoms with Crippen LogP contribution in [0.1, 0.15) is 59.7 Å². The van der Waals surface area contributed by atoms with E-state index in [1.807, 2.05) is 24.3 Å². The zero-order valence-electron chi connectivity index (χ0n) is 14.1. The average molecular weight is 350 g/mol. The van der Waals surface area contributed by atoms with Crippen LogP contribution >= 0.6 is 0 Å². The molecule has 2 aliphatic rings. The van der Waals surface area contributed by atoms with E-state index < -0.39 is 0 Å². The van der Waals surface area contributed by atoms with Gasteiger partial charge in [-0.05, 0) is 43.9 Å². The molecular weight excluding hydrogens is 332 g/mol. The van der Waals surface area contributed by atoms with Crippen molar-refractivity contribution in [2.45, 2.75) is 37.6 Å². The second kappa shape index (κ2) is 6.05. The number of likely N-dealkylation sites (tertiary alicyclic amines) is 1. The lowest BCUT2D eigenvalue weighted by Crippen LogP contribution is -2.31. The molecule has 0 radical (unpaired) electrons. The lowest BCUT2D eigenvalue weighted by molar-refractivity contribution is 0.0704. The molecule has 132 valence electrons. The molecule has 1 aliphatic carbocycles. The highest BCUT2D eigenvalue weighted by molar-refractivity contribution is 5.92. The summed E-state index contributed by atoms with van der Waals surface area (Å²) in [6.45, 7) is 0.663. The Morgan fingerprint density at radius 3 is 3.00 bits per heavy atom. The van der Waals surface area contributed by atoms with Gasteiger partial charge in [0.2, 0.25) is 11.7 Å². The molecule has 0 aromatic carbocycles. The maximum atomic E-state index is 12.9. The number of aromatic nitrogens is 5. The topological polar surface area (TPSA) is 101 Å². The van der Waals surface area contributed by atoms with Crippen LogP contribution in [0.25, 0.3) is 11.5 Å². The van der Waals surface area contributed by atoms with Crippen molar-refractivity contribution in [1.82, 2.24) is 30.2 Å². The summed E-state index contributed by atoms with van der Waals surface area (Å²) in [6, 6.07) is 7.20. The molecule has 1 amide bonds. The number of hydrogen-bond acceptors (Lipinski definition) is 6. The number of nitrogens with zero attached hydrogens (tertiary/aromatic N) is 5. The van der Waals surface area contributed by atoms with E-state index in [9.17, 15) is 4.79 Å². The van der Waals surface area contributed by atoms with Crippen LogP contribution in [0.3, 0.4) is 0 Å². The Bertz CT molecular complexity index is 930. The summed E-state index contributed by atoms with van der Waals surface area (Å²) in [5.41, 5.74) is 2.17. The number of aromatic amines is 1. The van der Waals surface area contributed by atoms with Crippen LogP contribution in [-0.2, 0) is 0 Å². The number of carbonyl (C=O) groups is 1. The molecule has 1 N–H and O–H groups in total. The minimum Gasteiger partial charge on any atom is -0.337 e. The van der Waals surface area contributed by atoms with Crippen LogP contribution in [0.15, 0.2) is 35.0 Å². The first-order chi connectivity index (χ1) is 12.8. The summed E-state index contributed by atoms with van der Waals surface area (Å²) in [4.78, 5) is 23.4. The Hall–Kier alpha value is -3.03. The van der Waals surface area contributed by atoms with Crippen LogP contribution in [-0.4, -0.2) is 42.7 Å². The van der Waals surface area contributed by atoms with E-state index in [2.05, 4.69) is 25.3 Å². The Morgan fingerprint density at radius 1 is 1.27 bits per heavy atom. The summed E-state index contributed by atoms with van der Waals surface area (Å²) in [5.74, 6) is 1.34. The van der Waals surface area contributed by atoms with Crippen LogP contribution in [0, 0.1) is 0 Å². The number of H-pyrrole nitrogens is 1. The van der Waals surface area contributed by atoms with E-state index in [1.165, 1.54) is 12.8 Å². The first kappa shape index (κ1) is 15.2. The molecule has 0 unspecified atom stereocenters. The lowest BCUT2D eigenvalue weighted by atomic mass is 10.2. The summed E-state index contributed by atoms with van der Waals surface area (Å²) >= 11 is 0. The second-order valence-corrected chi connectivity index (χ2v) is 6.81. The fourth-order valence-corrected chi connectivity index (χ4v) is 3.43. The van der Waals surface area contributed by atoms with Crippen molar-refractivity contribution in [3.05, 3.63) is 47.7 Å². The van der Waals surface area contributed by atoms with Crippen molar-refractivity contribution < 1.29 is 9.32 Å². The van der Waals surface area contributed by atoms with Gasteiger partial charge in [0, 0.05) is 24.4 Å².